The third-order valence-electron chi connectivity index (χ3n) is 15.4. The predicted molar refractivity (Wildman–Crippen MR) is 296 cm³/mol. The number of allylic oxidation sites excluding steroid dienone is 7. The van der Waals surface area contributed by atoms with E-state index in [0.717, 1.165) is 29.9 Å². The Morgan fingerprint density at radius 1 is 0.371 bits per heavy atom. The van der Waals surface area contributed by atoms with E-state index in [-0.39, 0.29) is 0 Å². The molecule has 0 amide bonds. The second kappa shape index (κ2) is 15.3. The summed E-state index contributed by atoms with van der Waals surface area (Å²) < 4.78 is 5.09. The first-order chi connectivity index (χ1) is 34.8. The monoisotopic (exact) mass is 894 g/mol. The van der Waals surface area contributed by atoms with Crippen molar-refractivity contribution in [2.45, 2.75) is 24.7 Å². The predicted octanol–water partition coefficient (Wildman–Crippen LogP) is 17.8. The summed E-state index contributed by atoms with van der Waals surface area (Å²) in [5, 5.41) is 10.1. The summed E-state index contributed by atoms with van der Waals surface area (Å²) in [7, 11) is 0. The number of hydrogen-bond acceptors (Lipinski definition) is 2. The first-order valence-corrected chi connectivity index (χ1v) is 24.7. The number of rotatable bonds is 8. The van der Waals surface area contributed by atoms with Crippen molar-refractivity contribution in [3.8, 4) is 0 Å². The van der Waals surface area contributed by atoms with Crippen molar-refractivity contribution < 1.29 is 0 Å². The minimum atomic E-state index is 0.355. The Morgan fingerprint density at radius 2 is 0.871 bits per heavy atom. The molecule has 0 saturated carbocycles. The van der Waals surface area contributed by atoms with E-state index in [0.29, 0.717) is 11.8 Å². The van der Waals surface area contributed by atoms with Crippen LogP contribution in [0.4, 0.5) is 28.4 Å². The maximum Gasteiger partial charge on any atom is 0.0621 e. The van der Waals surface area contributed by atoms with Crippen molar-refractivity contribution in [1.29, 1.82) is 0 Å². The zero-order chi connectivity index (χ0) is 45.9. The van der Waals surface area contributed by atoms with Gasteiger partial charge < -0.3 is 18.6 Å². The average molecular weight is 895 g/mol. The smallest absolute Gasteiger partial charge is 0.0621 e. The SMILES string of the molecule is C1=CCC(c2ccc(N(c3ccccc3)c3cccc4c3c3cccc5c6cc7c(cc6n4c53)c3cccc4c5c(N(C6=CCC(c8ccccc8)C=C6)c6ccccc6)cccc5n7c34)cc2)C=C1. The van der Waals surface area contributed by atoms with Crippen LogP contribution >= 0.6 is 0 Å². The number of benzene rings is 9. The Kier molecular flexibility index (Phi) is 8.58. The van der Waals surface area contributed by atoms with Crippen LogP contribution in [0.25, 0.3) is 76.2 Å². The van der Waals surface area contributed by atoms with E-state index in [1.54, 1.807) is 0 Å². The van der Waals surface area contributed by atoms with Gasteiger partial charge in [0.15, 0.2) is 0 Å². The van der Waals surface area contributed by atoms with Gasteiger partial charge in [-0.25, -0.2) is 0 Å². The van der Waals surface area contributed by atoms with Crippen LogP contribution in [0.2, 0.25) is 0 Å². The molecular formula is C66H46N4. The summed E-state index contributed by atoms with van der Waals surface area (Å²) in [6.07, 6.45) is 18.0. The van der Waals surface area contributed by atoms with Crippen LogP contribution in [0, 0.1) is 0 Å². The topological polar surface area (TPSA) is 15.3 Å². The number of fused-ring (bicyclic) bond motifs is 12. The van der Waals surface area contributed by atoms with Crippen LogP contribution in [-0.2, 0) is 0 Å². The molecule has 0 aliphatic heterocycles. The van der Waals surface area contributed by atoms with E-state index in [2.05, 4.69) is 261 Å². The molecule has 0 saturated heterocycles. The standard InChI is InChI=1S/C66H46N4/c1-5-17-43(18-6-1)45-33-37-49(38-34-45)67(47-21-9-3-10-22-47)57-29-15-31-59-63(57)53-27-13-25-51-55-42-62-56(41-61(55)69(59)65(51)53)52-26-14-28-54-64-58(30-16-32-60(64)70(62)66(52)54)68(48-23-11-4-12-24-48)50-39-35-46(36-40-50)44-19-7-2-8-20-44/h1-19,21-33,35-42,44-45H,20,34H2. The fraction of sp³-hybridized carbons (Fsp3) is 0.0606. The number of anilines is 5. The minimum Gasteiger partial charge on any atom is -0.310 e. The normalized spacial score (nSPS) is 16.1. The largest absolute Gasteiger partial charge is 0.310 e. The molecule has 0 bridgehead atoms. The molecule has 15 rings (SSSR count). The first-order valence-electron chi connectivity index (χ1n) is 24.7. The van der Waals surface area contributed by atoms with Gasteiger partial charge in [0.25, 0.3) is 0 Å². The van der Waals surface area contributed by atoms with Crippen molar-refractivity contribution in [1.82, 2.24) is 8.80 Å². The summed E-state index contributed by atoms with van der Waals surface area (Å²) in [4.78, 5) is 4.91. The van der Waals surface area contributed by atoms with Gasteiger partial charge in [-0.05, 0) is 103 Å². The maximum atomic E-state index is 2.55. The summed E-state index contributed by atoms with van der Waals surface area (Å²) in [5.74, 6) is 0.755. The fourth-order valence-corrected chi connectivity index (χ4v) is 12.3. The van der Waals surface area contributed by atoms with Crippen LogP contribution in [0.3, 0.4) is 0 Å². The highest BCUT2D eigenvalue weighted by molar-refractivity contribution is 6.31. The molecule has 13 aromatic rings. The van der Waals surface area contributed by atoms with Gasteiger partial charge in [-0.3, -0.25) is 0 Å². The van der Waals surface area contributed by atoms with Gasteiger partial charge in [0, 0.05) is 77.7 Å². The minimum absolute atomic E-state index is 0.355. The van der Waals surface area contributed by atoms with Crippen molar-refractivity contribution in [2.75, 3.05) is 9.80 Å². The molecular weight excluding hydrogens is 849 g/mol. The molecule has 2 aliphatic rings. The molecule has 4 heteroatoms. The summed E-state index contributed by atoms with van der Waals surface area (Å²) in [6, 6.07) is 74.3. The molecule has 4 heterocycles. The lowest BCUT2D eigenvalue weighted by molar-refractivity contribution is 0.840. The quantitative estimate of drug-likeness (QED) is 0.151. The molecule has 0 spiro atoms. The van der Waals surface area contributed by atoms with Gasteiger partial charge in [-0.2, -0.15) is 0 Å². The molecule has 2 unspecified atom stereocenters. The summed E-state index contributed by atoms with van der Waals surface area (Å²) in [5.41, 5.74) is 17.1. The van der Waals surface area contributed by atoms with Crippen molar-refractivity contribution >= 4 is 105 Å². The van der Waals surface area contributed by atoms with Gasteiger partial charge in [-0.1, -0.05) is 164 Å². The Morgan fingerprint density at radius 3 is 1.43 bits per heavy atom. The van der Waals surface area contributed by atoms with E-state index in [9.17, 15) is 0 Å². The molecule has 0 N–H and O–H groups in total. The van der Waals surface area contributed by atoms with Gasteiger partial charge in [0.1, 0.15) is 0 Å². The molecule has 9 aromatic carbocycles. The molecule has 2 atom stereocenters. The van der Waals surface area contributed by atoms with Crippen LogP contribution in [0.5, 0.6) is 0 Å². The number of aromatic nitrogens is 2. The average Bonchev–Trinajstić information content (AvgIpc) is 4.17. The molecule has 0 radical (unpaired) electrons. The Labute approximate surface area is 405 Å². The fourth-order valence-electron chi connectivity index (χ4n) is 12.3. The van der Waals surface area contributed by atoms with E-state index in [4.69, 9.17) is 0 Å². The van der Waals surface area contributed by atoms with E-state index >= 15 is 0 Å². The number of hydrogen-bond donors (Lipinski definition) is 0. The highest BCUT2D eigenvalue weighted by Crippen LogP contribution is 2.50. The summed E-state index contributed by atoms with van der Waals surface area (Å²) >= 11 is 0. The van der Waals surface area contributed by atoms with Crippen molar-refractivity contribution in [2.24, 2.45) is 0 Å². The molecule has 2 aliphatic carbocycles. The molecule has 0 fully saturated rings. The van der Waals surface area contributed by atoms with Crippen LogP contribution in [0.1, 0.15) is 35.8 Å². The molecule has 4 nitrogen and oxygen atoms in total. The van der Waals surface area contributed by atoms with Gasteiger partial charge >= 0.3 is 0 Å². The molecule has 4 aromatic heterocycles. The lowest BCUT2D eigenvalue weighted by Crippen LogP contribution is -2.17. The highest BCUT2D eigenvalue weighted by atomic mass is 15.2. The zero-order valence-electron chi connectivity index (χ0n) is 38.5. The maximum absolute atomic E-state index is 2.55. The van der Waals surface area contributed by atoms with Gasteiger partial charge in [0.2, 0.25) is 0 Å². The van der Waals surface area contributed by atoms with E-state index in [1.807, 2.05) is 0 Å². The van der Waals surface area contributed by atoms with Crippen molar-refractivity contribution in [3.63, 3.8) is 0 Å². The molecule has 70 heavy (non-hydrogen) atoms. The van der Waals surface area contributed by atoms with Gasteiger partial charge in [0.05, 0.1) is 44.5 Å². The van der Waals surface area contributed by atoms with E-state index < -0.39 is 0 Å². The lowest BCUT2D eigenvalue weighted by atomic mass is 9.91. The highest BCUT2D eigenvalue weighted by Gasteiger charge is 2.27. The lowest BCUT2D eigenvalue weighted by Gasteiger charge is -2.29. The van der Waals surface area contributed by atoms with Gasteiger partial charge in [-0.15, -0.1) is 0 Å². The Balaban J connectivity index is 0.923. The zero-order valence-corrected chi connectivity index (χ0v) is 38.5. The summed E-state index contributed by atoms with van der Waals surface area (Å²) in [6.45, 7) is 0. The third-order valence-corrected chi connectivity index (χ3v) is 15.4. The van der Waals surface area contributed by atoms with E-state index in [1.165, 1.54) is 104 Å². The molecule has 330 valence electrons. The first kappa shape index (κ1) is 39.2. The Hall–Kier alpha value is -8.86. The number of nitrogens with zero attached hydrogens (tertiary/aromatic N) is 4. The second-order valence-corrected chi connectivity index (χ2v) is 19.1. The second-order valence-electron chi connectivity index (χ2n) is 19.1. The Bertz CT molecular complexity index is 4290. The third kappa shape index (κ3) is 5.71. The van der Waals surface area contributed by atoms with Crippen LogP contribution < -0.4 is 9.80 Å². The van der Waals surface area contributed by atoms with Crippen molar-refractivity contribution in [3.05, 3.63) is 260 Å². The number of para-hydroxylation sites is 4. The van der Waals surface area contributed by atoms with Crippen LogP contribution in [0.15, 0.2) is 248 Å². The van der Waals surface area contributed by atoms with Crippen LogP contribution in [-0.4, -0.2) is 8.80 Å².